The predicted molar refractivity (Wildman–Crippen MR) is 455 cm³/mol. The van der Waals surface area contributed by atoms with Gasteiger partial charge in [0.25, 0.3) is 0 Å². The normalized spacial score (nSPS) is 14.0. The molecule has 4 aromatic rings. The molecule has 1 heterocycles. The van der Waals surface area contributed by atoms with Gasteiger partial charge in [0.1, 0.15) is 78.0 Å². The summed E-state index contributed by atoms with van der Waals surface area (Å²) in [6.45, 7) is 2.75. The molecule has 40 N–H and O–H groups in total. The number of nitrogens with one attached hydrogen (secondary N) is 20. The number of phenols is 2. The van der Waals surface area contributed by atoms with Crippen LogP contribution in [0.25, 0.3) is 10.9 Å². The van der Waals surface area contributed by atoms with Crippen LogP contribution in [0.2, 0.25) is 0 Å². The van der Waals surface area contributed by atoms with Crippen molar-refractivity contribution in [2.75, 3.05) is 45.9 Å². The molecule has 0 aliphatic carbocycles. The van der Waals surface area contributed by atoms with Crippen LogP contribution in [0.15, 0.2) is 79.0 Å². The summed E-state index contributed by atoms with van der Waals surface area (Å²) in [7, 11) is 0. The van der Waals surface area contributed by atoms with E-state index in [1.54, 1.807) is 26.1 Å². The van der Waals surface area contributed by atoms with Crippen molar-refractivity contribution in [2.45, 2.75) is 208 Å². The zero-order chi connectivity index (χ0) is 91.3. The van der Waals surface area contributed by atoms with Gasteiger partial charge in [0.2, 0.25) is 70.9 Å². The highest BCUT2D eigenvalue weighted by Crippen LogP contribution is 2.21. The van der Waals surface area contributed by atoms with Gasteiger partial charge >= 0.3 is 5.97 Å². The second-order valence-electron chi connectivity index (χ2n) is 29.9. The van der Waals surface area contributed by atoms with Crippen molar-refractivity contribution in [1.82, 2.24) is 84.7 Å². The number of carbonyl (C=O) groups excluding carboxylic acids is 12. The zero-order valence-electron chi connectivity index (χ0n) is 69.1. The van der Waals surface area contributed by atoms with Crippen LogP contribution in [-0.2, 0) is 81.6 Å². The average Bonchev–Trinajstić information content (AvgIpc) is 1.72. The van der Waals surface area contributed by atoms with Gasteiger partial charge in [-0.25, -0.2) is 4.79 Å². The third-order valence-corrected chi connectivity index (χ3v) is 19.3. The number of carbonyl (C=O) groups is 13. The molecule has 12 amide bonds. The number of carboxylic acids is 1. The minimum atomic E-state index is -1.96. The molecular weight excluding hydrogens is 1600 g/mol. The number of guanidine groups is 4. The summed E-state index contributed by atoms with van der Waals surface area (Å²) in [4.78, 5) is 189. The molecule has 3 aromatic carbocycles. The van der Waals surface area contributed by atoms with Gasteiger partial charge in [-0.05, 0) is 169 Å². The van der Waals surface area contributed by atoms with Crippen LogP contribution in [0.5, 0.6) is 11.5 Å². The van der Waals surface area contributed by atoms with Crippen molar-refractivity contribution >= 4 is 112 Å². The van der Waals surface area contributed by atoms with E-state index in [0.29, 0.717) is 23.1 Å². The first-order valence-electron chi connectivity index (χ1n) is 40.5. The first kappa shape index (κ1) is 102. The number of rotatable bonds is 58. The number of aromatic hydroxyl groups is 2. The maximum absolute atomic E-state index is 15.0. The number of primary amides is 1. The predicted octanol–water partition coefficient (Wildman–Crippen LogP) is -6.42. The lowest BCUT2D eigenvalue weighted by Crippen LogP contribution is -2.61. The Morgan fingerprint density at radius 2 is 0.691 bits per heavy atom. The Labute approximate surface area is 711 Å². The van der Waals surface area contributed by atoms with E-state index in [0.717, 1.165) is 10.9 Å². The third-order valence-electron chi connectivity index (χ3n) is 19.3. The number of fused-ring (bicyclic) bond motifs is 1. The van der Waals surface area contributed by atoms with Crippen LogP contribution in [0, 0.1) is 27.6 Å². The second-order valence-corrected chi connectivity index (χ2v) is 29.9. The number of aliphatic carboxylic acids is 1. The lowest BCUT2D eigenvalue weighted by Gasteiger charge is -2.29. The minimum absolute atomic E-state index is 0.00282. The summed E-state index contributed by atoms with van der Waals surface area (Å²) in [6, 6.07) is -0.648. The van der Waals surface area contributed by atoms with Gasteiger partial charge in [-0.2, -0.15) is 0 Å². The lowest BCUT2D eigenvalue weighted by molar-refractivity contribution is -0.142. The van der Waals surface area contributed by atoms with Gasteiger partial charge in [-0.1, -0.05) is 56.3 Å². The zero-order valence-corrected chi connectivity index (χ0v) is 69.1. The van der Waals surface area contributed by atoms with Gasteiger partial charge in [0.15, 0.2) is 23.8 Å². The number of aromatic nitrogens is 1. The van der Waals surface area contributed by atoms with Crippen LogP contribution in [0.4, 0.5) is 0 Å². The van der Waals surface area contributed by atoms with Gasteiger partial charge in [-0.15, -0.1) is 0 Å². The molecule has 0 aliphatic rings. The van der Waals surface area contributed by atoms with Crippen LogP contribution in [0.1, 0.15) is 133 Å². The Bertz CT molecular complexity index is 4190. The van der Waals surface area contributed by atoms with Crippen molar-refractivity contribution in [3.63, 3.8) is 0 Å². The Hall–Kier alpha value is -13.2. The molecule has 0 unspecified atom stereocenters. The number of hydrogen-bond acceptors (Lipinski definition) is 23. The number of carboxylic acid groups (broad SMARTS) is 1. The van der Waals surface area contributed by atoms with Crippen LogP contribution in [0.3, 0.4) is 0 Å². The maximum atomic E-state index is 15.0. The molecule has 0 saturated heterocycles. The number of benzene rings is 3. The average molecular weight is 1730 g/mol. The van der Waals surface area contributed by atoms with E-state index < -0.39 is 187 Å². The number of unbranched alkanes of at least 4 members (excludes halogenated alkanes) is 2. The second kappa shape index (κ2) is 54.2. The fraction of sp³-hybridized carbons (Fsp3) is 0.526. The molecule has 0 bridgehead atoms. The van der Waals surface area contributed by atoms with Crippen molar-refractivity contribution in [3.8, 4) is 11.5 Å². The molecule has 0 fully saturated rings. The molecule has 12 atom stereocenters. The van der Waals surface area contributed by atoms with Gasteiger partial charge in [0, 0.05) is 56.1 Å². The standard InChI is InChI=1S/C78H124N28O17/c1-42(2)35-57(102-70(118)59(37-44-23-27-47(109)28-24-44)104-73(121)61(41-107)106-63(111)49(81)38-45-40-95-50-14-4-3-13-48(45)50)69(117)103-58(36-43-21-25-46(108)26-22-43)71(119)105-60(39-62(82)110)72(120)100-55(19-11-33-93-77(87)88)67(115)96-51(15-5-7-29-79)64(112)98-54(18-10-32-92-76(85)86)66(114)99-53(17-9-31-91-75(83)84)65(113)97-52(16-6-8-30-80)68(116)101-56(74(122)123)20-12-34-94-78(89)90/h3-4,13-14,21-28,40,42,49,51-61,95,107-109H,5-12,15-20,29-39,41,79-81H2,1-2H3,(H2,82,110)(H,96,115)(H,97,113)(H,98,112)(H,99,114)(H,100,120)(H,101,116)(H,102,118)(H,103,117)(H,104,121)(H,105,119)(H,106,111)(H,122,123)(H4,83,84,91)(H4,85,86,92)(H4,87,88,93)(H4,89,90,94)/t49-,51-,52-,53-,54-,55-,56-,57-,58-,59-,60-,61-/m0/s1. The topological polar surface area (TPSA) is 803 Å². The molecule has 678 valence electrons. The third kappa shape index (κ3) is 38.8. The Kier molecular flexibility index (Phi) is 45.0. The van der Waals surface area contributed by atoms with Crippen molar-refractivity contribution < 1.29 is 82.8 Å². The van der Waals surface area contributed by atoms with Gasteiger partial charge in [-0.3, -0.25) is 79.2 Å². The highest BCUT2D eigenvalue weighted by atomic mass is 16.4. The highest BCUT2D eigenvalue weighted by Gasteiger charge is 2.38. The number of phenolic OH excluding ortho intramolecular Hbond substituents is 2. The van der Waals surface area contributed by atoms with E-state index in [1.165, 1.54) is 48.5 Å². The fourth-order valence-electron chi connectivity index (χ4n) is 12.8. The van der Waals surface area contributed by atoms with Crippen molar-refractivity contribution in [2.24, 2.45) is 51.8 Å². The number of aromatic amines is 1. The van der Waals surface area contributed by atoms with E-state index in [1.807, 2.05) is 18.2 Å². The summed E-state index contributed by atoms with van der Waals surface area (Å²) in [5.41, 5.74) is 47.9. The largest absolute Gasteiger partial charge is 0.508 e. The Balaban J connectivity index is 1.69. The summed E-state index contributed by atoms with van der Waals surface area (Å²) in [5.74, 6) is -16.1. The monoisotopic (exact) mass is 1720 g/mol. The smallest absolute Gasteiger partial charge is 0.326 e. The molecule has 123 heavy (non-hydrogen) atoms. The van der Waals surface area contributed by atoms with Gasteiger partial charge < -0.3 is 151 Å². The Morgan fingerprint density at radius 3 is 1.05 bits per heavy atom. The maximum Gasteiger partial charge on any atom is 0.326 e. The van der Waals surface area contributed by atoms with Crippen molar-refractivity contribution in [1.29, 1.82) is 21.6 Å². The highest BCUT2D eigenvalue weighted by molar-refractivity contribution is 6.01. The first-order valence-corrected chi connectivity index (χ1v) is 40.5. The summed E-state index contributed by atoms with van der Waals surface area (Å²) in [5, 5.41) is 111. The quantitative estimate of drug-likeness (QED) is 0.0111. The van der Waals surface area contributed by atoms with E-state index in [2.05, 4.69) is 84.7 Å². The Morgan fingerprint density at radius 1 is 0.382 bits per heavy atom. The fourth-order valence-corrected chi connectivity index (χ4v) is 12.8. The molecule has 0 spiro atoms. The molecule has 0 radical (unpaired) electrons. The molecular formula is C78H124N28O17. The molecule has 45 heteroatoms. The van der Waals surface area contributed by atoms with Crippen LogP contribution < -0.4 is 126 Å². The number of H-pyrrole nitrogens is 1. The summed E-state index contributed by atoms with van der Waals surface area (Å²) in [6.07, 6.45) is 0.125. The molecule has 4 rings (SSSR count). The molecule has 45 nitrogen and oxygen atoms in total. The number of para-hydroxylation sites is 1. The van der Waals surface area contributed by atoms with Crippen LogP contribution in [-0.4, -0.2) is 244 Å². The molecule has 1 aromatic heterocycles. The SMILES string of the molecule is CC(C)C[C@H](NC(=O)[C@H](Cc1ccc(O)cc1)NC(=O)[C@H](CO)NC(=O)[C@@H](N)Cc1c[nH]c2ccccc12)C(=O)N[C@@H](Cc1ccc(O)cc1)C(=O)N[C@@H](CC(N)=O)C(=O)N[C@@H](CCCNC(=N)N)C(=O)N[C@@H](CCCCN)C(=O)N[C@@H](CCCNC(=N)N)C(=O)N[C@@H](CCCNC(=N)N)C(=O)N[C@@H](CCCCN)C(=O)N[C@@H](CCCNC(=N)N)C(=O)O. The van der Waals surface area contributed by atoms with Crippen LogP contribution >= 0.6 is 0 Å². The lowest BCUT2D eigenvalue weighted by atomic mass is 9.99. The molecule has 0 saturated carbocycles. The molecule has 0 aliphatic heterocycles. The number of aliphatic hydroxyl groups is 1. The first-order chi connectivity index (χ1) is 58.4. The minimum Gasteiger partial charge on any atom is -0.508 e. The van der Waals surface area contributed by atoms with Crippen molar-refractivity contribution in [3.05, 3.63) is 95.7 Å². The van der Waals surface area contributed by atoms with E-state index in [4.69, 9.17) is 67.5 Å². The van der Waals surface area contributed by atoms with E-state index in [-0.39, 0.29) is 165 Å². The summed E-state index contributed by atoms with van der Waals surface area (Å²) < 4.78 is 0. The summed E-state index contributed by atoms with van der Waals surface area (Å²) >= 11 is 0. The van der Waals surface area contributed by atoms with E-state index in [9.17, 15) is 82.8 Å². The van der Waals surface area contributed by atoms with Gasteiger partial charge in [0.05, 0.1) is 19.1 Å². The number of hydrogen-bond donors (Lipinski definition) is 32. The number of aliphatic hydroxyl groups excluding tert-OH is 1. The number of nitrogens with two attached hydrogens (primary N) is 8. The van der Waals surface area contributed by atoms with E-state index >= 15 is 0 Å². The number of amides is 12.